The minimum atomic E-state index is -0.272. The molecule has 0 aromatic heterocycles. The number of aliphatic hydroxyl groups excluding tert-OH is 1. The number of hydrogen-bond donors (Lipinski definition) is 1. The maximum absolute atomic E-state index is 9.38. The fourth-order valence-corrected chi connectivity index (χ4v) is 1.19. The maximum Gasteiger partial charge on any atom is 0.0744 e. The van der Waals surface area contributed by atoms with Crippen LogP contribution in [0.3, 0.4) is 0 Å². The van der Waals surface area contributed by atoms with Gasteiger partial charge in [-0.3, -0.25) is 0 Å². The predicted octanol–water partition coefficient (Wildman–Crippen LogP) is 3.28. The summed E-state index contributed by atoms with van der Waals surface area (Å²) in [5, 5.41) is 9.38. The summed E-state index contributed by atoms with van der Waals surface area (Å²) in [5.41, 5.74) is 0.894. The van der Waals surface area contributed by atoms with Crippen molar-refractivity contribution >= 4 is 0 Å². The van der Waals surface area contributed by atoms with Crippen LogP contribution in [-0.4, -0.2) is 11.2 Å². The van der Waals surface area contributed by atoms with Crippen molar-refractivity contribution in [2.45, 2.75) is 58.5 Å². The fraction of sp³-hybridized carbons (Fsp3) is 0.818. The summed E-state index contributed by atoms with van der Waals surface area (Å²) in [6, 6.07) is 0. The molecule has 0 radical (unpaired) electrons. The van der Waals surface area contributed by atoms with Gasteiger partial charge in [0, 0.05) is 0 Å². The van der Waals surface area contributed by atoms with Crippen molar-refractivity contribution in [1.82, 2.24) is 0 Å². The summed E-state index contributed by atoms with van der Waals surface area (Å²) in [4.78, 5) is 0. The summed E-state index contributed by atoms with van der Waals surface area (Å²) in [5.74, 6) is 0. The quantitative estimate of drug-likeness (QED) is 0.459. The SMILES string of the molecule is C=C(C)C(O)CCCCCCC. The molecule has 0 saturated heterocycles. The van der Waals surface area contributed by atoms with Gasteiger partial charge in [0.2, 0.25) is 0 Å². The van der Waals surface area contributed by atoms with E-state index in [0.29, 0.717) is 0 Å². The lowest BCUT2D eigenvalue weighted by atomic mass is 10.0. The summed E-state index contributed by atoms with van der Waals surface area (Å²) >= 11 is 0. The van der Waals surface area contributed by atoms with Crippen LogP contribution in [0.5, 0.6) is 0 Å². The molecule has 1 unspecified atom stereocenters. The van der Waals surface area contributed by atoms with E-state index < -0.39 is 0 Å². The van der Waals surface area contributed by atoms with Gasteiger partial charge < -0.3 is 5.11 Å². The first kappa shape index (κ1) is 11.7. The third-order valence-corrected chi connectivity index (χ3v) is 2.15. The van der Waals surface area contributed by atoms with Crippen molar-refractivity contribution in [3.05, 3.63) is 12.2 Å². The second kappa shape index (κ2) is 7.35. The van der Waals surface area contributed by atoms with Crippen molar-refractivity contribution in [2.24, 2.45) is 0 Å². The Morgan fingerprint density at radius 1 is 1.25 bits per heavy atom. The monoisotopic (exact) mass is 170 g/mol. The zero-order chi connectivity index (χ0) is 9.40. The Bertz CT molecular complexity index is 118. The molecule has 72 valence electrons. The summed E-state index contributed by atoms with van der Waals surface area (Å²) in [6.45, 7) is 7.82. The molecular weight excluding hydrogens is 148 g/mol. The van der Waals surface area contributed by atoms with Crippen LogP contribution >= 0.6 is 0 Å². The van der Waals surface area contributed by atoms with Crippen molar-refractivity contribution in [2.75, 3.05) is 0 Å². The molecule has 0 amide bonds. The smallest absolute Gasteiger partial charge is 0.0744 e. The van der Waals surface area contributed by atoms with E-state index in [9.17, 15) is 5.11 Å². The largest absolute Gasteiger partial charge is 0.389 e. The average Bonchev–Trinajstić information content (AvgIpc) is 2.03. The van der Waals surface area contributed by atoms with Gasteiger partial charge in [-0.15, -0.1) is 0 Å². The lowest BCUT2D eigenvalue weighted by molar-refractivity contribution is 0.196. The third-order valence-electron chi connectivity index (χ3n) is 2.15. The van der Waals surface area contributed by atoms with Gasteiger partial charge in [-0.1, -0.05) is 51.2 Å². The summed E-state index contributed by atoms with van der Waals surface area (Å²) < 4.78 is 0. The molecule has 1 nitrogen and oxygen atoms in total. The molecule has 1 heteroatoms. The minimum absolute atomic E-state index is 0.272. The standard InChI is InChI=1S/C11H22O/c1-4-5-6-7-8-9-11(12)10(2)3/h11-12H,2,4-9H2,1,3H3. The van der Waals surface area contributed by atoms with Crippen molar-refractivity contribution in [1.29, 1.82) is 0 Å². The van der Waals surface area contributed by atoms with Gasteiger partial charge in [-0.2, -0.15) is 0 Å². The topological polar surface area (TPSA) is 20.2 Å². The lowest BCUT2D eigenvalue weighted by Gasteiger charge is -2.08. The van der Waals surface area contributed by atoms with Crippen molar-refractivity contribution < 1.29 is 5.11 Å². The molecule has 0 aromatic carbocycles. The van der Waals surface area contributed by atoms with Crippen LogP contribution in [-0.2, 0) is 0 Å². The maximum atomic E-state index is 9.38. The van der Waals surface area contributed by atoms with Gasteiger partial charge in [0.05, 0.1) is 6.10 Å². The Balaban J connectivity index is 3.14. The van der Waals surface area contributed by atoms with Gasteiger partial charge in [0.1, 0.15) is 0 Å². The first-order valence-corrected chi connectivity index (χ1v) is 5.02. The van der Waals surface area contributed by atoms with Gasteiger partial charge in [0.15, 0.2) is 0 Å². The number of unbranched alkanes of at least 4 members (excludes halogenated alkanes) is 4. The van der Waals surface area contributed by atoms with Crippen LogP contribution < -0.4 is 0 Å². The average molecular weight is 170 g/mol. The molecular formula is C11H22O. The predicted molar refractivity (Wildman–Crippen MR) is 54.2 cm³/mol. The number of aliphatic hydroxyl groups is 1. The van der Waals surface area contributed by atoms with Crippen LogP contribution in [0.15, 0.2) is 12.2 Å². The molecule has 0 spiro atoms. The van der Waals surface area contributed by atoms with Gasteiger partial charge in [0.25, 0.3) is 0 Å². The van der Waals surface area contributed by atoms with E-state index in [-0.39, 0.29) is 6.10 Å². The van der Waals surface area contributed by atoms with E-state index in [4.69, 9.17) is 0 Å². The number of hydrogen-bond acceptors (Lipinski definition) is 1. The number of rotatable bonds is 7. The molecule has 0 saturated carbocycles. The summed E-state index contributed by atoms with van der Waals surface area (Å²) in [7, 11) is 0. The van der Waals surface area contributed by atoms with Crippen molar-refractivity contribution in [3.63, 3.8) is 0 Å². The van der Waals surface area contributed by atoms with E-state index in [1.807, 2.05) is 6.92 Å². The van der Waals surface area contributed by atoms with Crippen LogP contribution in [0.2, 0.25) is 0 Å². The van der Waals surface area contributed by atoms with Crippen LogP contribution in [0.25, 0.3) is 0 Å². The van der Waals surface area contributed by atoms with E-state index in [0.717, 1.165) is 18.4 Å². The Morgan fingerprint density at radius 3 is 2.33 bits per heavy atom. The van der Waals surface area contributed by atoms with E-state index >= 15 is 0 Å². The highest BCUT2D eigenvalue weighted by Gasteiger charge is 2.02. The molecule has 0 heterocycles. The molecule has 1 atom stereocenters. The summed E-state index contributed by atoms with van der Waals surface area (Å²) in [6.07, 6.45) is 6.91. The molecule has 12 heavy (non-hydrogen) atoms. The van der Waals surface area contributed by atoms with Gasteiger partial charge in [-0.25, -0.2) is 0 Å². The van der Waals surface area contributed by atoms with Crippen LogP contribution in [0.4, 0.5) is 0 Å². The molecule has 0 aromatic rings. The normalized spacial score (nSPS) is 12.9. The first-order chi connectivity index (χ1) is 5.68. The highest BCUT2D eigenvalue weighted by atomic mass is 16.3. The Morgan fingerprint density at radius 2 is 1.83 bits per heavy atom. The van der Waals surface area contributed by atoms with Crippen molar-refractivity contribution in [3.8, 4) is 0 Å². The van der Waals surface area contributed by atoms with Crippen LogP contribution in [0, 0.1) is 0 Å². The van der Waals surface area contributed by atoms with E-state index in [1.165, 1.54) is 25.7 Å². The molecule has 0 fully saturated rings. The second-order valence-electron chi connectivity index (χ2n) is 3.57. The second-order valence-corrected chi connectivity index (χ2v) is 3.57. The fourth-order valence-electron chi connectivity index (χ4n) is 1.19. The third kappa shape index (κ3) is 6.41. The first-order valence-electron chi connectivity index (χ1n) is 5.02. The lowest BCUT2D eigenvalue weighted by Crippen LogP contribution is -2.06. The van der Waals surface area contributed by atoms with Gasteiger partial charge in [-0.05, 0) is 13.3 Å². The molecule has 0 aliphatic carbocycles. The zero-order valence-electron chi connectivity index (χ0n) is 8.47. The zero-order valence-corrected chi connectivity index (χ0v) is 8.47. The minimum Gasteiger partial charge on any atom is -0.389 e. The molecule has 0 aliphatic rings. The Labute approximate surface area is 76.5 Å². The molecule has 0 aliphatic heterocycles. The Kier molecular flexibility index (Phi) is 7.17. The molecule has 0 bridgehead atoms. The van der Waals surface area contributed by atoms with Crippen LogP contribution in [0.1, 0.15) is 52.4 Å². The van der Waals surface area contributed by atoms with E-state index in [2.05, 4.69) is 13.5 Å². The highest BCUT2D eigenvalue weighted by molar-refractivity contribution is 4.96. The Hall–Kier alpha value is -0.300. The van der Waals surface area contributed by atoms with E-state index in [1.54, 1.807) is 0 Å². The molecule has 0 rings (SSSR count). The van der Waals surface area contributed by atoms with Gasteiger partial charge >= 0.3 is 0 Å². The highest BCUT2D eigenvalue weighted by Crippen LogP contribution is 2.10. The molecule has 1 N–H and O–H groups in total.